The van der Waals surface area contributed by atoms with Crippen LogP contribution in [0.5, 0.6) is 0 Å². The van der Waals surface area contributed by atoms with Gasteiger partial charge in [0, 0.05) is 25.1 Å². The van der Waals surface area contributed by atoms with Gasteiger partial charge in [-0.15, -0.1) is 0 Å². The highest BCUT2D eigenvalue weighted by Gasteiger charge is 2.31. The molecule has 1 N–H and O–H groups in total. The molecule has 1 aromatic rings. The molecule has 0 spiro atoms. The van der Waals surface area contributed by atoms with Crippen molar-refractivity contribution in [2.45, 2.75) is 25.3 Å². The van der Waals surface area contributed by atoms with E-state index in [2.05, 4.69) is 17.5 Å². The standard InChI is InChI=1S/C19H18N2O3/c22-21(23)15-6-3-5-14(12-15)18-19-17(10-11-20-18)13-4-1-2-7-16(24-19)9-8-13/h1-7,12,18,20H,8-11H2. The average Bonchev–Trinajstić information content (AvgIpc) is 2.70. The number of nitro groups is 1. The fourth-order valence-electron chi connectivity index (χ4n) is 3.49. The number of fused-ring (bicyclic) bond motifs is 4. The Hall–Kier alpha value is -2.66. The highest BCUT2D eigenvalue weighted by molar-refractivity contribution is 5.46. The van der Waals surface area contributed by atoms with Crippen LogP contribution in [-0.2, 0) is 4.74 Å². The summed E-state index contributed by atoms with van der Waals surface area (Å²) in [6.45, 7) is 0.829. The van der Waals surface area contributed by atoms with Crippen molar-refractivity contribution in [1.29, 1.82) is 0 Å². The summed E-state index contributed by atoms with van der Waals surface area (Å²) < 4.78 is 6.25. The molecular weight excluding hydrogens is 304 g/mol. The molecule has 3 aliphatic rings. The molecule has 2 aliphatic heterocycles. The van der Waals surface area contributed by atoms with E-state index < -0.39 is 0 Å². The largest absolute Gasteiger partial charge is 0.464 e. The molecule has 0 amide bonds. The molecule has 4 rings (SSSR count). The molecule has 1 aromatic carbocycles. The number of allylic oxidation sites excluding steroid dienone is 6. The van der Waals surface area contributed by atoms with Crippen molar-refractivity contribution in [1.82, 2.24) is 5.32 Å². The zero-order valence-corrected chi connectivity index (χ0v) is 13.2. The minimum atomic E-state index is -0.357. The van der Waals surface area contributed by atoms with E-state index in [-0.39, 0.29) is 16.7 Å². The fraction of sp³-hybridized carbons (Fsp3) is 0.263. The molecule has 1 atom stereocenters. The van der Waals surface area contributed by atoms with Gasteiger partial charge in [0.2, 0.25) is 0 Å². The predicted octanol–water partition coefficient (Wildman–Crippen LogP) is 4.07. The lowest BCUT2D eigenvalue weighted by Gasteiger charge is -2.29. The molecule has 1 unspecified atom stereocenters. The summed E-state index contributed by atoms with van der Waals surface area (Å²) in [5.74, 6) is 1.83. The Bertz CT molecular complexity index is 818. The van der Waals surface area contributed by atoms with Crippen LogP contribution in [0.3, 0.4) is 0 Å². The molecule has 0 aromatic heterocycles. The molecule has 0 saturated carbocycles. The number of nitrogens with zero attached hydrogens (tertiary/aromatic N) is 1. The molecule has 2 heterocycles. The van der Waals surface area contributed by atoms with Gasteiger partial charge in [-0.1, -0.05) is 30.4 Å². The lowest BCUT2D eigenvalue weighted by Crippen LogP contribution is -2.30. The third kappa shape index (κ3) is 2.67. The van der Waals surface area contributed by atoms with Crippen molar-refractivity contribution in [2.24, 2.45) is 0 Å². The molecule has 5 nitrogen and oxygen atoms in total. The first-order valence-corrected chi connectivity index (χ1v) is 8.18. The smallest absolute Gasteiger partial charge is 0.269 e. The monoisotopic (exact) mass is 322 g/mol. The highest BCUT2D eigenvalue weighted by atomic mass is 16.6. The van der Waals surface area contributed by atoms with Crippen LogP contribution >= 0.6 is 0 Å². The van der Waals surface area contributed by atoms with Crippen molar-refractivity contribution in [2.75, 3.05) is 6.54 Å². The summed E-state index contributed by atoms with van der Waals surface area (Å²) in [5.41, 5.74) is 3.51. The van der Waals surface area contributed by atoms with E-state index in [0.29, 0.717) is 0 Å². The summed E-state index contributed by atoms with van der Waals surface area (Å²) >= 11 is 0. The number of hydrogen-bond donors (Lipinski definition) is 1. The van der Waals surface area contributed by atoms with Crippen LogP contribution in [0.25, 0.3) is 0 Å². The Morgan fingerprint density at radius 1 is 1.17 bits per heavy atom. The maximum atomic E-state index is 11.1. The molecule has 1 aliphatic carbocycles. The van der Waals surface area contributed by atoms with Crippen molar-refractivity contribution >= 4 is 5.69 Å². The minimum absolute atomic E-state index is 0.105. The van der Waals surface area contributed by atoms with Crippen molar-refractivity contribution in [3.05, 3.63) is 86.9 Å². The van der Waals surface area contributed by atoms with Gasteiger partial charge in [-0.3, -0.25) is 10.1 Å². The maximum absolute atomic E-state index is 11.1. The predicted molar refractivity (Wildman–Crippen MR) is 91.1 cm³/mol. The Labute approximate surface area is 140 Å². The van der Waals surface area contributed by atoms with Gasteiger partial charge in [-0.05, 0) is 35.6 Å². The second-order valence-corrected chi connectivity index (χ2v) is 6.14. The van der Waals surface area contributed by atoms with Crippen LogP contribution < -0.4 is 5.32 Å². The first kappa shape index (κ1) is 14.9. The number of benzene rings is 1. The Balaban J connectivity index is 1.80. The highest BCUT2D eigenvalue weighted by Crippen LogP contribution is 2.40. The van der Waals surface area contributed by atoms with E-state index in [1.54, 1.807) is 12.1 Å². The van der Waals surface area contributed by atoms with Crippen molar-refractivity contribution in [3.8, 4) is 0 Å². The van der Waals surface area contributed by atoms with Gasteiger partial charge in [0.1, 0.15) is 11.5 Å². The van der Waals surface area contributed by atoms with Crippen LogP contribution in [0, 0.1) is 10.1 Å². The van der Waals surface area contributed by atoms with Crippen molar-refractivity contribution < 1.29 is 9.66 Å². The van der Waals surface area contributed by atoms with Crippen molar-refractivity contribution in [3.63, 3.8) is 0 Å². The van der Waals surface area contributed by atoms with Gasteiger partial charge >= 0.3 is 0 Å². The van der Waals surface area contributed by atoms with E-state index >= 15 is 0 Å². The lowest BCUT2D eigenvalue weighted by atomic mass is 9.90. The van der Waals surface area contributed by atoms with Crippen LogP contribution in [0.2, 0.25) is 0 Å². The number of ether oxygens (including phenoxy) is 1. The van der Waals surface area contributed by atoms with Gasteiger partial charge in [-0.2, -0.15) is 0 Å². The Morgan fingerprint density at radius 3 is 2.92 bits per heavy atom. The first-order valence-electron chi connectivity index (χ1n) is 8.18. The topological polar surface area (TPSA) is 64.4 Å². The van der Waals surface area contributed by atoms with Gasteiger partial charge < -0.3 is 10.1 Å². The zero-order valence-electron chi connectivity index (χ0n) is 13.2. The van der Waals surface area contributed by atoms with E-state index in [4.69, 9.17) is 4.74 Å². The molecule has 0 fully saturated rings. The van der Waals surface area contributed by atoms with E-state index in [1.807, 2.05) is 18.2 Å². The molecule has 0 radical (unpaired) electrons. The number of non-ortho nitro benzene ring substituents is 1. The fourth-order valence-corrected chi connectivity index (χ4v) is 3.49. The number of hydrogen-bond acceptors (Lipinski definition) is 4. The molecule has 2 bridgehead atoms. The normalized spacial score (nSPS) is 22.6. The SMILES string of the molecule is O=[N+]([O-])c1cccc(C2NCCC3=C2OC2=CC=CC=C3CC2)c1. The maximum Gasteiger partial charge on any atom is 0.269 e. The molecule has 5 heteroatoms. The molecule has 122 valence electrons. The third-order valence-corrected chi connectivity index (χ3v) is 4.66. The second kappa shape index (κ2) is 6.09. The first-order chi connectivity index (χ1) is 11.7. The van der Waals surface area contributed by atoms with Gasteiger partial charge in [-0.25, -0.2) is 0 Å². The molecule has 24 heavy (non-hydrogen) atoms. The van der Waals surface area contributed by atoms with Gasteiger partial charge in [0.15, 0.2) is 0 Å². The zero-order chi connectivity index (χ0) is 16.5. The summed E-state index contributed by atoms with van der Waals surface area (Å²) in [7, 11) is 0. The average molecular weight is 322 g/mol. The van der Waals surface area contributed by atoms with Crippen LogP contribution in [0.1, 0.15) is 30.9 Å². The molecular formula is C19H18N2O3. The second-order valence-electron chi connectivity index (χ2n) is 6.14. The molecule has 0 saturated heterocycles. The van der Waals surface area contributed by atoms with Crippen LogP contribution in [-0.4, -0.2) is 11.5 Å². The summed E-state index contributed by atoms with van der Waals surface area (Å²) in [4.78, 5) is 10.7. The van der Waals surface area contributed by atoms with Crippen LogP contribution in [0.15, 0.2) is 71.2 Å². The number of nitro benzene ring substituents is 1. The third-order valence-electron chi connectivity index (χ3n) is 4.66. The lowest BCUT2D eigenvalue weighted by molar-refractivity contribution is -0.384. The van der Waals surface area contributed by atoms with Crippen LogP contribution in [0.4, 0.5) is 5.69 Å². The number of nitrogens with one attached hydrogen (secondary N) is 1. The van der Waals surface area contributed by atoms with E-state index in [1.165, 1.54) is 17.2 Å². The van der Waals surface area contributed by atoms with Gasteiger partial charge in [0.05, 0.1) is 11.0 Å². The van der Waals surface area contributed by atoms with Gasteiger partial charge in [0.25, 0.3) is 5.69 Å². The summed E-state index contributed by atoms with van der Waals surface area (Å²) in [5, 5.41) is 14.6. The Morgan fingerprint density at radius 2 is 2.04 bits per heavy atom. The minimum Gasteiger partial charge on any atom is -0.464 e. The summed E-state index contributed by atoms with van der Waals surface area (Å²) in [6, 6.07) is 6.64. The van der Waals surface area contributed by atoms with E-state index in [0.717, 1.165) is 42.9 Å². The Kier molecular flexibility index (Phi) is 3.78. The van der Waals surface area contributed by atoms with E-state index in [9.17, 15) is 10.1 Å². The quantitative estimate of drug-likeness (QED) is 0.658. The summed E-state index contributed by atoms with van der Waals surface area (Å²) in [6.07, 6.45) is 11.0. The number of rotatable bonds is 2.